The molecule has 0 atom stereocenters. The predicted octanol–water partition coefficient (Wildman–Crippen LogP) is -0.313. The van der Waals surface area contributed by atoms with Crippen molar-refractivity contribution in [3.8, 4) is 5.75 Å². The lowest BCUT2D eigenvalue weighted by atomic mass is 10.1. The minimum atomic E-state index is -1.17. The zero-order valence-electron chi connectivity index (χ0n) is 11.6. The maximum absolute atomic E-state index is 11.8. The number of rotatable bonds is 6. The quantitative estimate of drug-likeness (QED) is 0.558. The largest absolute Gasteiger partial charge is 0.550 e. The van der Waals surface area contributed by atoms with Gasteiger partial charge in [0, 0.05) is 30.0 Å². The number of carbonyl (C=O) groups excluding carboxylic acids is 2. The Bertz CT molecular complexity index is 764. The van der Waals surface area contributed by atoms with Crippen molar-refractivity contribution in [3.63, 3.8) is 0 Å². The summed E-state index contributed by atoms with van der Waals surface area (Å²) in [6.07, 6.45) is 0.106. The van der Waals surface area contributed by atoms with Crippen molar-refractivity contribution in [1.82, 2.24) is 5.32 Å². The molecular formula is C15H14NO6-. The highest BCUT2D eigenvalue weighted by atomic mass is 16.4. The van der Waals surface area contributed by atoms with Gasteiger partial charge in [0.05, 0.1) is 6.42 Å². The lowest BCUT2D eigenvalue weighted by molar-refractivity contribution is -0.305. The highest BCUT2D eigenvalue weighted by Crippen LogP contribution is 2.21. The second-order valence-corrected chi connectivity index (χ2v) is 4.77. The van der Waals surface area contributed by atoms with Crippen LogP contribution in [0, 0.1) is 0 Å². The van der Waals surface area contributed by atoms with Gasteiger partial charge >= 0.3 is 5.63 Å². The summed E-state index contributed by atoms with van der Waals surface area (Å²) in [6, 6.07) is 5.52. The van der Waals surface area contributed by atoms with Gasteiger partial charge in [-0.2, -0.15) is 0 Å². The van der Waals surface area contributed by atoms with E-state index in [9.17, 15) is 24.6 Å². The van der Waals surface area contributed by atoms with E-state index in [2.05, 4.69) is 5.32 Å². The van der Waals surface area contributed by atoms with Gasteiger partial charge in [-0.3, -0.25) is 4.79 Å². The average molecular weight is 304 g/mol. The molecule has 7 heteroatoms. The van der Waals surface area contributed by atoms with Gasteiger partial charge in [-0.1, -0.05) is 0 Å². The van der Waals surface area contributed by atoms with Crippen LogP contribution in [0.3, 0.4) is 0 Å². The Morgan fingerprint density at radius 3 is 2.77 bits per heavy atom. The Hall–Kier alpha value is -2.83. The highest BCUT2D eigenvalue weighted by molar-refractivity contribution is 5.87. The topological polar surface area (TPSA) is 120 Å². The molecule has 116 valence electrons. The molecule has 0 aliphatic carbocycles. The first-order valence-corrected chi connectivity index (χ1v) is 6.68. The number of hydrogen-bond donors (Lipinski definition) is 2. The number of carboxylic acids is 1. The predicted molar refractivity (Wildman–Crippen MR) is 75.1 cm³/mol. The van der Waals surface area contributed by atoms with Crippen LogP contribution in [0.2, 0.25) is 0 Å². The van der Waals surface area contributed by atoms with Crippen LogP contribution in [0.1, 0.15) is 18.4 Å². The van der Waals surface area contributed by atoms with Crippen LogP contribution in [0.15, 0.2) is 33.5 Å². The third-order valence-corrected chi connectivity index (χ3v) is 3.04. The molecule has 0 aliphatic heterocycles. The number of amides is 1. The van der Waals surface area contributed by atoms with Gasteiger partial charge in [0.2, 0.25) is 5.91 Å². The molecule has 2 rings (SSSR count). The van der Waals surface area contributed by atoms with E-state index >= 15 is 0 Å². The minimum absolute atomic E-state index is 0.0421. The van der Waals surface area contributed by atoms with Crippen molar-refractivity contribution < 1.29 is 24.2 Å². The molecule has 1 amide bonds. The van der Waals surface area contributed by atoms with Crippen molar-refractivity contribution in [2.75, 3.05) is 6.54 Å². The monoisotopic (exact) mass is 304 g/mol. The van der Waals surface area contributed by atoms with E-state index in [1.807, 2.05) is 0 Å². The Morgan fingerprint density at radius 1 is 1.27 bits per heavy atom. The van der Waals surface area contributed by atoms with Crippen LogP contribution in [-0.4, -0.2) is 23.5 Å². The minimum Gasteiger partial charge on any atom is -0.550 e. The third kappa shape index (κ3) is 4.08. The van der Waals surface area contributed by atoms with Gasteiger partial charge in [-0.05, 0) is 30.5 Å². The van der Waals surface area contributed by atoms with E-state index in [0.717, 1.165) is 0 Å². The smallest absolute Gasteiger partial charge is 0.336 e. The van der Waals surface area contributed by atoms with E-state index in [0.29, 0.717) is 10.9 Å². The summed E-state index contributed by atoms with van der Waals surface area (Å²) in [5.74, 6) is -1.54. The number of carboxylic acid groups (broad SMARTS) is 1. The lowest BCUT2D eigenvalue weighted by Gasteiger charge is -2.07. The lowest BCUT2D eigenvalue weighted by Crippen LogP contribution is -2.28. The van der Waals surface area contributed by atoms with E-state index in [1.165, 1.54) is 18.2 Å². The number of aliphatic carboxylic acids is 1. The van der Waals surface area contributed by atoms with Crippen LogP contribution in [0.5, 0.6) is 5.75 Å². The fourth-order valence-corrected chi connectivity index (χ4v) is 2.06. The first kappa shape index (κ1) is 15.6. The Labute approximate surface area is 125 Å². The molecule has 1 aromatic carbocycles. The zero-order valence-corrected chi connectivity index (χ0v) is 11.6. The molecule has 0 spiro atoms. The normalized spacial score (nSPS) is 10.5. The van der Waals surface area contributed by atoms with Crippen LogP contribution in [0.25, 0.3) is 11.0 Å². The van der Waals surface area contributed by atoms with Gasteiger partial charge in [0.1, 0.15) is 11.3 Å². The Balaban J connectivity index is 2.09. The van der Waals surface area contributed by atoms with E-state index < -0.39 is 11.6 Å². The molecule has 0 unspecified atom stereocenters. The summed E-state index contributed by atoms with van der Waals surface area (Å²) in [5.41, 5.74) is 0.0637. The summed E-state index contributed by atoms with van der Waals surface area (Å²) >= 11 is 0. The highest BCUT2D eigenvalue weighted by Gasteiger charge is 2.10. The molecule has 0 saturated carbocycles. The fraction of sp³-hybridized carbons (Fsp3) is 0.267. The molecule has 2 N–H and O–H groups in total. The second kappa shape index (κ2) is 6.75. The SMILES string of the molecule is O=C([O-])CCCNC(=O)Cc1cc(=O)oc2cc(O)ccc12. The molecule has 0 saturated heterocycles. The van der Waals surface area contributed by atoms with E-state index in [1.54, 1.807) is 6.07 Å². The van der Waals surface area contributed by atoms with Gasteiger partial charge in [-0.15, -0.1) is 0 Å². The molecule has 1 heterocycles. The fourth-order valence-electron chi connectivity index (χ4n) is 2.06. The molecule has 2 aromatic rings. The number of fused-ring (bicyclic) bond motifs is 1. The average Bonchev–Trinajstić information content (AvgIpc) is 2.42. The van der Waals surface area contributed by atoms with E-state index in [4.69, 9.17) is 4.42 Å². The number of nitrogens with one attached hydrogen (secondary N) is 1. The zero-order chi connectivity index (χ0) is 16.1. The van der Waals surface area contributed by atoms with Crippen molar-refractivity contribution in [3.05, 3.63) is 40.2 Å². The summed E-state index contributed by atoms with van der Waals surface area (Å²) in [4.78, 5) is 33.6. The standard InChI is InChI=1S/C15H15NO6/c17-10-3-4-11-9(7-15(21)22-12(11)8-10)6-13(18)16-5-1-2-14(19)20/h3-4,7-8,17H,1-2,5-6H2,(H,16,18)(H,19,20)/p-1. The Kier molecular flexibility index (Phi) is 4.77. The van der Waals surface area contributed by atoms with Crippen LogP contribution in [0.4, 0.5) is 0 Å². The van der Waals surface area contributed by atoms with Crippen molar-refractivity contribution in [1.29, 1.82) is 0 Å². The molecule has 7 nitrogen and oxygen atoms in total. The molecule has 0 radical (unpaired) electrons. The third-order valence-electron chi connectivity index (χ3n) is 3.04. The molecule has 0 aliphatic rings. The van der Waals surface area contributed by atoms with Gasteiger partial charge in [-0.25, -0.2) is 4.79 Å². The summed E-state index contributed by atoms with van der Waals surface area (Å²) in [5, 5.41) is 22.8. The van der Waals surface area contributed by atoms with Crippen LogP contribution in [-0.2, 0) is 16.0 Å². The number of phenolic OH excluding ortho intramolecular Hbond substituents is 1. The van der Waals surface area contributed by atoms with Gasteiger partial charge < -0.3 is 24.7 Å². The molecule has 1 aromatic heterocycles. The molecular weight excluding hydrogens is 290 g/mol. The first-order chi connectivity index (χ1) is 10.5. The number of carbonyl (C=O) groups is 2. The van der Waals surface area contributed by atoms with Crippen molar-refractivity contribution in [2.45, 2.75) is 19.3 Å². The number of benzene rings is 1. The number of phenols is 1. The molecule has 0 fully saturated rings. The first-order valence-electron chi connectivity index (χ1n) is 6.68. The maximum atomic E-state index is 11.8. The van der Waals surface area contributed by atoms with Gasteiger partial charge in [0.25, 0.3) is 0 Å². The van der Waals surface area contributed by atoms with Crippen LogP contribution >= 0.6 is 0 Å². The summed E-state index contributed by atoms with van der Waals surface area (Å²) < 4.78 is 4.97. The van der Waals surface area contributed by atoms with E-state index in [-0.39, 0.29) is 43.0 Å². The number of aromatic hydroxyl groups is 1. The van der Waals surface area contributed by atoms with Crippen LogP contribution < -0.4 is 16.0 Å². The van der Waals surface area contributed by atoms with Crippen molar-refractivity contribution in [2.24, 2.45) is 0 Å². The molecule has 22 heavy (non-hydrogen) atoms. The Morgan fingerprint density at radius 2 is 2.05 bits per heavy atom. The van der Waals surface area contributed by atoms with Gasteiger partial charge in [0.15, 0.2) is 0 Å². The summed E-state index contributed by atoms with van der Waals surface area (Å²) in [7, 11) is 0. The maximum Gasteiger partial charge on any atom is 0.336 e. The van der Waals surface area contributed by atoms with Crippen molar-refractivity contribution >= 4 is 22.8 Å². The second-order valence-electron chi connectivity index (χ2n) is 4.77. The number of hydrogen-bond acceptors (Lipinski definition) is 6. The summed E-state index contributed by atoms with van der Waals surface area (Å²) in [6.45, 7) is 0.215. The molecule has 0 bridgehead atoms.